The Bertz CT molecular complexity index is 1400. The molecule has 0 aliphatic rings. The standard InChI is InChI=1S/C23H24N6O3S/c1-13(2)33(30,31)18-9-7-15(8-10-18)19-12-26-21(25)20(27-19)23-29-28-22(32-23)17-6-4-5-16(11-17)14(3)24/h4-14H,24H2,1-3H3,(H2,25,26)/t14-/m0/s1. The number of anilines is 1. The summed E-state index contributed by atoms with van der Waals surface area (Å²) in [6.07, 6.45) is 1.51. The van der Waals surface area contributed by atoms with Gasteiger partial charge in [-0.2, -0.15) is 0 Å². The second-order valence-corrected chi connectivity index (χ2v) is 10.4. The summed E-state index contributed by atoms with van der Waals surface area (Å²) in [6, 6.07) is 13.9. The molecule has 1 atom stereocenters. The van der Waals surface area contributed by atoms with Crippen LogP contribution in [0.3, 0.4) is 0 Å². The Balaban J connectivity index is 1.67. The molecule has 4 N–H and O–H groups in total. The molecule has 0 bridgehead atoms. The lowest BCUT2D eigenvalue weighted by Crippen LogP contribution is -2.13. The molecule has 2 aromatic heterocycles. The van der Waals surface area contributed by atoms with Gasteiger partial charge in [0.05, 0.1) is 22.0 Å². The average Bonchev–Trinajstić information content (AvgIpc) is 3.29. The average molecular weight is 465 g/mol. The third kappa shape index (κ3) is 4.48. The van der Waals surface area contributed by atoms with Crippen molar-refractivity contribution in [2.45, 2.75) is 37.0 Å². The predicted molar refractivity (Wildman–Crippen MR) is 126 cm³/mol. The molecule has 0 fully saturated rings. The van der Waals surface area contributed by atoms with Gasteiger partial charge in [-0.05, 0) is 50.6 Å². The highest BCUT2D eigenvalue weighted by atomic mass is 32.2. The lowest BCUT2D eigenvalue weighted by molar-refractivity contribution is 0.582. The van der Waals surface area contributed by atoms with E-state index in [0.29, 0.717) is 17.1 Å². The highest BCUT2D eigenvalue weighted by molar-refractivity contribution is 7.92. The van der Waals surface area contributed by atoms with Crippen LogP contribution in [-0.2, 0) is 9.84 Å². The van der Waals surface area contributed by atoms with Crippen molar-refractivity contribution >= 4 is 15.7 Å². The van der Waals surface area contributed by atoms with Crippen molar-refractivity contribution in [2.24, 2.45) is 5.73 Å². The molecule has 0 saturated heterocycles. The van der Waals surface area contributed by atoms with Crippen molar-refractivity contribution in [3.05, 3.63) is 60.3 Å². The number of benzene rings is 2. The normalized spacial score (nSPS) is 12.8. The van der Waals surface area contributed by atoms with Crippen LogP contribution in [0.5, 0.6) is 0 Å². The van der Waals surface area contributed by atoms with E-state index in [-0.39, 0.29) is 28.3 Å². The highest BCUT2D eigenvalue weighted by Crippen LogP contribution is 2.29. The maximum atomic E-state index is 12.4. The Labute approximate surface area is 191 Å². The number of hydrogen-bond acceptors (Lipinski definition) is 9. The Morgan fingerprint density at radius 3 is 2.30 bits per heavy atom. The molecule has 0 unspecified atom stereocenters. The van der Waals surface area contributed by atoms with Crippen LogP contribution in [0.25, 0.3) is 34.3 Å². The first kappa shape index (κ1) is 22.6. The summed E-state index contributed by atoms with van der Waals surface area (Å²) >= 11 is 0. The molecule has 0 amide bonds. The molecule has 2 aromatic carbocycles. The molecule has 0 spiro atoms. The lowest BCUT2D eigenvalue weighted by atomic mass is 10.1. The molecular formula is C23H24N6O3S. The maximum absolute atomic E-state index is 12.4. The molecule has 0 saturated carbocycles. The second kappa shape index (κ2) is 8.72. The molecule has 33 heavy (non-hydrogen) atoms. The minimum atomic E-state index is -3.36. The van der Waals surface area contributed by atoms with Crippen molar-refractivity contribution in [1.29, 1.82) is 0 Å². The van der Waals surface area contributed by atoms with E-state index in [2.05, 4.69) is 20.2 Å². The highest BCUT2D eigenvalue weighted by Gasteiger charge is 2.20. The zero-order valence-electron chi connectivity index (χ0n) is 18.4. The van der Waals surface area contributed by atoms with Crippen molar-refractivity contribution in [2.75, 3.05) is 5.73 Å². The molecule has 0 aliphatic heterocycles. The van der Waals surface area contributed by atoms with Gasteiger partial charge in [0.2, 0.25) is 5.89 Å². The van der Waals surface area contributed by atoms with Gasteiger partial charge in [0, 0.05) is 17.2 Å². The number of nitrogens with two attached hydrogens (primary N) is 2. The fourth-order valence-electron chi connectivity index (χ4n) is 3.17. The van der Waals surface area contributed by atoms with Gasteiger partial charge < -0.3 is 15.9 Å². The summed E-state index contributed by atoms with van der Waals surface area (Å²) in [6.45, 7) is 5.18. The molecule has 10 heteroatoms. The van der Waals surface area contributed by atoms with Crippen LogP contribution < -0.4 is 11.5 Å². The van der Waals surface area contributed by atoms with E-state index in [1.165, 1.54) is 6.20 Å². The fourth-order valence-corrected chi connectivity index (χ4v) is 4.23. The van der Waals surface area contributed by atoms with E-state index in [1.54, 1.807) is 38.1 Å². The SMILES string of the molecule is CC(C)S(=O)(=O)c1ccc(-c2cnc(N)c(-c3nnc(-c4cccc([C@H](C)N)c4)o3)n2)cc1. The number of rotatable bonds is 6. The van der Waals surface area contributed by atoms with Crippen LogP contribution in [-0.4, -0.2) is 33.8 Å². The van der Waals surface area contributed by atoms with Crippen LogP contribution in [0.2, 0.25) is 0 Å². The molecule has 2 heterocycles. The Morgan fingerprint density at radius 1 is 0.939 bits per heavy atom. The Morgan fingerprint density at radius 2 is 1.64 bits per heavy atom. The third-order valence-corrected chi connectivity index (χ3v) is 7.36. The minimum Gasteiger partial charge on any atom is -0.414 e. The van der Waals surface area contributed by atoms with Crippen LogP contribution in [0.1, 0.15) is 32.4 Å². The molecule has 4 aromatic rings. The summed E-state index contributed by atoms with van der Waals surface area (Å²) in [5.74, 6) is 0.571. The second-order valence-electron chi connectivity index (χ2n) is 7.93. The molecule has 0 radical (unpaired) electrons. The summed E-state index contributed by atoms with van der Waals surface area (Å²) < 4.78 is 30.6. The molecule has 170 valence electrons. The van der Waals surface area contributed by atoms with Crippen molar-refractivity contribution < 1.29 is 12.8 Å². The minimum absolute atomic E-state index is 0.127. The predicted octanol–water partition coefficient (Wildman–Crippen LogP) is 3.64. The van der Waals surface area contributed by atoms with Gasteiger partial charge in [0.25, 0.3) is 5.89 Å². The quantitative estimate of drug-likeness (QED) is 0.435. The third-order valence-electron chi connectivity index (χ3n) is 5.19. The van der Waals surface area contributed by atoms with Gasteiger partial charge in [-0.3, -0.25) is 0 Å². The summed E-state index contributed by atoms with van der Waals surface area (Å²) in [4.78, 5) is 8.99. The summed E-state index contributed by atoms with van der Waals surface area (Å²) in [5.41, 5.74) is 15.1. The van der Waals surface area contributed by atoms with Crippen molar-refractivity contribution in [3.63, 3.8) is 0 Å². The van der Waals surface area contributed by atoms with Crippen LogP contribution in [0.15, 0.2) is 64.0 Å². The van der Waals surface area contributed by atoms with Gasteiger partial charge in [0.15, 0.2) is 21.3 Å². The van der Waals surface area contributed by atoms with Gasteiger partial charge in [0.1, 0.15) is 0 Å². The van der Waals surface area contributed by atoms with Crippen molar-refractivity contribution in [3.8, 4) is 34.3 Å². The number of nitrogens with zero attached hydrogens (tertiary/aromatic N) is 4. The van der Waals surface area contributed by atoms with Gasteiger partial charge in [-0.25, -0.2) is 18.4 Å². The monoisotopic (exact) mass is 464 g/mol. The van der Waals surface area contributed by atoms with E-state index in [0.717, 1.165) is 11.1 Å². The largest absolute Gasteiger partial charge is 0.414 e. The maximum Gasteiger partial charge on any atom is 0.270 e. The van der Waals surface area contributed by atoms with Crippen LogP contribution in [0, 0.1) is 0 Å². The summed E-state index contributed by atoms with van der Waals surface area (Å²) in [7, 11) is -3.36. The van der Waals surface area contributed by atoms with Gasteiger partial charge in [-0.15, -0.1) is 10.2 Å². The smallest absolute Gasteiger partial charge is 0.270 e. The number of nitrogen functional groups attached to an aromatic ring is 1. The molecule has 4 rings (SSSR count). The number of sulfone groups is 1. The Hall–Kier alpha value is -3.63. The number of hydrogen-bond donors (Lipinski definition) is 2. The topological polar surface area (TPSA) is 151 Å². The van der Waals surface area contributed by atoms with Crippen LogP contribution >= 0.6 is 0 Å². The Kier molecular flexibility index (Phi) is 5.96. The van der Waals surface area contributed by atoms with Crippen molar-refractivity contribution in [1.82, 2.24) is 20.2 Å². The first-order valence-electron chi connectivity index (χ1n) is 10.3. The lowest BCUT2D eigenvalue weighted by Gasteiger charge is -2.09. The van der Waals surface area contributed by atoms with E-state index < -0.39 is 15.1 Å². The van der Waals surface area contributed by atoms with Gasteiger partial charge in [-0.1, -0.05) is 24.3 Å². The van der Waals surface area contributed by atoms with E-state index in [4.69, 9.17) is 15.9 Å². The number of aromatic nitrogens is 4. The zero-order chi connectivity index (χ0) is 23.8. The fraction of sp³-hybridized carbons (Fsp3) is 0.217. The van der Waals surface area contributed by atoms with Gasteiger partial charge >= 0.3 is 0 Å². The first-order chi connectivity index (χ1) is 15.7. The van der Waals surface area contributed by atoms with E-state index >= 15 is 0 Å². The first-order valence-corrected chi connectivity index (χ1v) is 11.9. The van der Waals surface area contributed by atoms with E-state index in [1.807, 2.05) is 31.2 Å². The van der Waals surface area contributed by atoms with Crippen LogP contribution in [0.4, 0.5) is 5.82 Å². The zero-order valence-corrected chi connectivity index (χ0v) is 19.2. The molecular weight excluding hydrogens is 440 g/mol. The van der Waals surface area contributed by atoms with E-state index in [9.17, 15) is 8.42 Å². The summed E-state index contributed by atoms with van der Waals surface area (Å²) in [5, 5.41) is 7.70. The molecule has 0 aliphatic carbocycles. The molecule has 9 nitrogen and oxygen atoms in total.